The minimum absolute atomic E-state index is 0.203. The second-order valence-electron chi connectivity index (χ2n) is 3.12. The summed E-state index contributed by atoms with van der Waals surface area (Å²) in [7, 11) is 1.38. The van der Waals surface area contributed by atoms with Crippen molar-refractivity contribution in [1.29, 1.82) is 0 Å². The van der Waals surface area contributed by atoms with E-state index in [4.69, 9.17) is 0 Å². The van der Waals surface area contributed by atoms with E-state index in [9.17, 15) is 9.59 Å². The molecule has 0 spiro atoms. The molecule has 0 fully saturated rings. The normalized spacial score (nSPS) is 15.8. The summed E-state index contributed by atoms with van der Waals surface area (Å²) < 4.78 is 4.50. The first kappa shape index (κ1) is 9.96. The number of methoxy groups -OCH3 is 1. The number of hydrogen-bond donors (Lipinski definition) is 0. The van der Waals surface area contributed by atoms with Gasteiger partial charge in [-0.05, 0) is 24.8 Å². The third-order valence-electron chi connectivity index (χ3n) is 2.17. The van der Waals surface area contributed by atoms with Crippen LogP contribution in [0.25, 0.3) is 0 Å². The zero-order chi connectivity index (χ0) is 9.68. The summed E-state index contributed by atoms with van der Waals surface area (Å²) in [5.41, 5.74) is 0.893. The molecule has 3 heteroatoms. The van der Waals surface area contributed by atoms with Gasteiger partial charge in [0, 0.05) is 12.8 Å². The van der Waals surface area contributed by atoms with Crippen molar-refractivity contribution in [2.75, 3.05) is 7.11 Å². The van der Waals surface area contributed by atoms with E-state index in [2.05, 4.69) is 4.74 Å². The van der Waals surface area contributed by atoms with Gasteiger partial charge in [-0.25, -0.2) is 0 Å². The van der Waals surface area contributed by atoms with E-state index in [0.29, 0.717) is 25.7 Å². The number of allylic oxidation sites excluding steroid dienone is 2. The Labute approximate surface area is 77.8 Å². The largest absolute Gasteiger partial charge is 0.469 e. The fraction of sp³-hybridized carbons (Fsp3) is 0.600. The van der Waals surface area contributed by atoms with E-state index in [1.807, 2.05) is 6.08 Å². The molecule has 1 aliphatic carbocycles. The van der Waals surface area contributed by atoms with Crippen LogP contribution in [-0.2, 0) is 14.3 Å². The molecule has 0 amide bonds. The maximum atomic E-state index is 11.1. The van der Waals surface area contributed by atoms with Crippen LogP contribution in [0.3, 0.4) is 0 Å². The third-order valence-corrected chi connectivity index (χ3v) is 2.17. The van der Waals surface area contributed by atoms with Crippen molar-refractivity contribution in [2.45, 2.75) is 32.1 Å². The number of Topliss-reactive ketones (excluding diaryl/α,β-unsaturated/α-hetero) is 1. The van der Waals surface area contributed by atoms with Gasteiger partial charge >= 0.3 is 5.97 Å². The fourth-order valence-corrected chi connectivity index (χ4v) is 1.42. The Morgan fingerprint density at radius 1 is 1.62 bits per heavy atom. The second-order valence-corrected chi connectivity index (χ2v) is 3.12. The maximum absolute atomic E-state index is 11.1. The molecule has 0 unspecified atom stereocenters. The summed E-state index contributed by atoms with van der Waals surface area (Å²) in [6, 6.07) is 0. The summed E-state index contributed by atoms with van der Waals surface area (Å²) in [5, 5.41) is 0. The highest BCUT2D eigenvalue weighted by Gasteiger charge is 2.14. The maximum Gasteiger partial charge on any atom is 0.305 e. The Morgan fingerprint density at radius 3 is 2.92 bits per heavy atom. The minimum atomic E-state index is -0.203. The third kappa shape index (κ3) is 3.01. The van der Waals surface area contributed by atoms with Crippen LogP contribution in [0.1, 0.15) is 32.1 Å². The minimum Gasteiger partial charge on any atom is -0.469 e. The number of carbonyl (C=O) groups is 2. The van der Waals surface area contributed by atoms with E-state index in [0.717, 1.165) is 12.0 Å². The van der Waals surface area contributed by atoms with E-state index >= 15 is 0 Å². The SMILES string of the molecule is COC(=O)CCCC1=CCCC1=O. The average molecular weight is 182 g/mol. The zero-order valence-corrected chi connectivity index (χ0v) is 7.84. The average Bonchev–Trinajstić information content (AvgIpc) is 2.52. The Kier molecular flexibility index (Phi) is 3.68. The first-order chi connectivity index (χ1) is 6.24. The number of rotatable bonds is 4. The van der Waals surface area contributed by atoms with Gasteiger partial charge in [0.25, 0.3) is 0 Å². The predicted octanol–water partition coefficient (Wildman–Crippen LogP) is 1.62. The highest BCUT2D eigenvalue weighted by atomic mass is 16.5. The van der Waals surface area contributed by atoms with Crippen molar-refractivity contribution in [3.63, 3.8) is 0 Å². The number of ether oxygens (including phenoxy) is 1. The Morgan fingerprint density at radius 2 is 2.38 bits per heavy atom. The molecule has 0 heterocycles. The Hall–Kier alpha value is -1.12. The number of carbonyl (C=O) groups excluding carboxylic acids is 2. The summed E-state index contributed by atoms with van der Waals surface area (Å²) in [6.45, 7) is 0. The molecule has 0 radical (unpaired) electrons. The number of esters is 1. The van der Waals surface area contributed by atoms with Crippen LogP contribution in [0.5, 0.6) is 0 Å². The standard InChI is InChI=1S/C10H14O3/c1-13-10(12)7-3-5-8-4-2-6-9(8)11/h4H,2-3,5-7H2,1H3. The molecule has 1 rings (SSSR count). The zero-order valence-electron chi connectivity index (χ0n) is 7.84. The Bertz CT molecular complexity index is 241. The predicted molar refractivity (Wildman–Crippen MR) is 48.2 cm³/mol. The molecule has 1 aliphatic rings. The first-order valence-corrected chi connectivity index (χ1v) is 4.53. The number of ketones is 1. The van der Waals surface area contributed by atoms with Crippen molar-refractivity contribution >= 4 is 11.8 Å². The molecule has 0 aromatic rings. The summed E-state index contributed by atoms with van der Waals surface area (Å²) in [6.07, 6.45) is 5.32. The monoisotopic (exact) mass is 182 g/mol. The quantitative estimate of drug-likeness (QED) is 0.620. The lowest BCUT2D eigenvalue weighted by Crippen LogP contribution is -2.01. The molecule has 0 atom stereocenters. The van der Waals surface area contributed by atoms with Gasteiger partial charge in [-0.15, -0.1) is 0 Å². The molecular formula is C10H14O3. The van der Waals surface area contributed by atoms with Crippen LogP contribution >= 0.6 is 0 Å². The van der Waals surface area contributed by atoms with Gasteiger partial charge in [-0.1, -0.05) is 6.08 Å². The lowest BCUT2D eigenvalue weighted by atomic mass is 10.1. The van der Waals surface area contributed by atoms with Gasteiger partial charge in [0.2, 0.25) is 0 Å². The van der Waals surface area contributed by atoms with Gasteiger partial charge in [-0.3, -0.25) is 9.59 Å². The molecule has 0 saturated carbocycles. The van der Waals surface area contributed by atoms with Crippen molar-refractivity contribution < 1.29 is 14.3 Å². The highest BCUT2D eigenvalue weighted by molar-refractivity contribution is 5.97. The van der Waals surface area contributed by atoms with Crippen molar-refractivity contribution in [2.24, 2.45) is 0 Å². The van der Waals surface area contributed by atoms with Gasteiger partial charge in [-0.2, -0.15) is 0 Å². The lowest BCUT2D eigenvalue weighted by Gasteiger charge is -1.99. The Balaban J connectivity index is 2.19. The van der Waals surface area contributed by atoms with Crippen LogP contribution < -0.4 is 0 Å². The smallest absolute Gasteiger partial charge is 0.305 e. The van der Waals surface area contributed by atoms with E-state index in [1.54, 1.807) is 0 Å². The topological polar surface area (TPSA) is 43.4 Å². The van der Waals surface area contributed by atoms with Crippen LogP contribution in [-0.4, -0.2) is 18.9 Å². The van der Waals surface area contributed by atoms with Crippen LogP contribution in [0.2, 0.25) is 0 Å². The summed E-state index contributed by atoms with van der Waals surface area (Å²) >= 11 is 0. The van der Waals surface area contributed by atoms with Gasteiger partial charge < -0.3 is 4.74 Å². The molecule has 0 aliphatic heterocycles. The lowest BCUT2D eigenvalue weighted by molar-refractivity contribution is -0.140. The van der Waals surface area contributed by atoms with Crippen molar-refractivity contribution in [1.82, 2.24) is 0 Å². The van der Waals surface area contributed by atoms with E-state index in [1.165, 1.54) is 7.11 Å². The van der Waals surface area contributed by atoms with Crippen molar-refractivity contribution in [3.8, 4) is 0 Å². The molecule has 72 valence electrons. The van der Waals surface area contributed by atoms with Crippen LogP contribution in [0, 0.1) is 0 Å². The van der Waals surface area contributed by atoms with E-state index in [-0.39, 0.29) is 11.8 Å². The molecule has 3 nitrogen and oxygen atoms in total. The van der Waals surface area contributed by atoms with E-state index < -0.39 is 0 Å². The summed E-state index contributed by atoms with van der Waals surface area (Å²) in [4.78, 5) is 21.9. The van der Waals surface area contributed by atoms with Gasteiger partial charge in [0.15, 0.2) is 5.78 Å². The molecule has 0 aromatic carbocycles. The molecule has 0 N–H and O–H groups in total. The molecular weight excluding hydrogens is 168 g/mol. The first-order valence-electron chi connectivity index (χ1n) is 4.53. The van der Waals surface area contributed by atoms with Crippen LogP contribution in [0.15, 0.2) is 11.6 Å². The van der Waals surface area contributed by atoms with Crippen LogP contribution in [0.4, 0.5) is 0 Å². The van der Waals surface area contributed by atoms with Gasteiger partial charge in [0.1, 0.15) is 0 Å². The number of hydrogen-bond acceptors (Lipinski definition) is 3. The molecule has 0 bridgehead atoms. The second kappa shape index (κ2) is 4.80. The molecule has 0 saturated heterocycles. The molecule has 0 aromatic heterocycles. The highest BCUT2D eigenvalue weighted by Crippen LogP contribution is 2.19. The fourth-order valence-electron chi connectivity index (χ4n) is 1.42. The van der Waals surface area contributed by atoms with Gasteiger partial charge in [0.05, 0.1) is 7.11 Å². The van der Waals surface area contributed by atoms with Crippen molar-refractivity contribution in [3.05, 3.63) is 11.6 Å². The summed E-state index contributed by atoms with van der Waals surface area (Å²) in [5.74, 6) is 0.0379. The molecule has 13 heavy (non-hydrogen) atoms.